The fraction of sp³-hybridized carbons (Fsp3) is 0.588. The summed E-state index contributed by atoms with van der Waals surface area (Å²) in [6.07, 6.45) is 6.62. The Morgan fingerprint density at radius 3 is 2.52 bits per heavy atom. The molecule has 0 unspecified atom stereocenters. The van der Waals surface area contributed by atoms with E-state index < -0.39 is 0 Å². The second-order valence-electron chi connectivity index (χ2n) is 5.64. The molecule has 1 aromatic carbocycles. The average molecular weight is 307 g/mol. The lowest BCUT2D eigenvalue weighted by Gasteiger charge is -2.32. The summed E-state index contributed by atoms with van der Waals surface area (Å²) in [6, 6.07) is 8.35. The monoisotopic (exact) mass is 307 g/mol. The number of carbonyl (C=O) groups excluding carboxylic acids is 1. The zero-order valence-corrected chi connectivity index (χ0v) is 13.8. The number of likely N-dealkylation sites (tertiary alicyclic amines) is 1. The number of hydrogen-bond donors (Lipinski definition) is 0. The SMILES string of the molecule is COc1ccc(CCC2CCN(C(=O)CSC)CC2)cc1. The molecular formula is C17H25NO2S. The summed E-state index contributed by atoms with van der Waals surface area (Å²) in [7, 11) is 1.70. The fourth-order valence-electron chi connectivity index (χ4n) is 2.85. The molecule has 1 aliphatic heterocycles. The summed E-state index contributed by atoms with van der Waals surface area (Å²) < 4.78 is 5.18. The highest BCUT2D eigenvalue weighted by Crippen LogP contribution is 2.23. The van der Waals surface area contributed by atoms with Crippen LogP contribution < -0.4 is 4.74 Å². The number of benzene rings is 1. The quantitative estimate of drug-likeness (QED) is 0.808. The molecule has 1 amide bonds. The lowest BCUT2D eigenvalue weighted by molar-refractivity contribution is -0.129. The van der Waals surface area contributed by atoms with E-state index in [1.54, 1.807) is 18.9 Å². The molecule has 0 aliphatic carbocycles. The number of aryl methyl sites for hydroxylation is 1. The molecule has 4 heteroatoms. The highest BCUT2D eigenvalue weighted by atomic mass is 32.2. The maximum absolute atomic E-state index is 11.8. The summed E-state index contributed by atoms with van der Waals surface area (Å²) in [6.45, 7) is 1.87. The number of nitrogens with zero attached hydrogens (tertiary/aromatic N) is 1. The lowest BCUT2D eigenvalue weighted by atomic mass is 9.90. The van der Waals surface area contributed by atoms with Crippen molar-refractivity contribution in [1.82, 2.24) is 4.90 Å². The van der Waals surface area contributed by atoms with Gasteiger partial charge in [0.25, 0.3) is 0 Å². The van der Waals surface area contributed by atoms with Crippen molar-refractivity contribution in [3.05, 3.63) is 29.8 Å². The third-order valence-electron chi connectivity index (χ3n) is 4.24. The van der Waals surface area contributed by atoms with Gasteiger partial charge in [0.05, 0.1) is 12.9 Å². The molecule has 1 aliphatic rings. The molecule has 116 valence electrons. The average Bonchev–Trinajstić information content (AvgIpc) is 2.54. The molecule has 0 radical (unpaired) electrons. The Labute approximate surface area is 132 Å². The van der Waals surface area contributed by atoms with Crippen molar-refractivity contribution in [3.8, 4) is 5.75 Å². The first-order chi connectivity index (χ1) is 10.2. The first-order valence-electron chi connectivity index (χ1n) is 7.62. The maximum atomic E-state index is 11.8. The molecule has 0 bridgehead atoms. The molecule has 0 spiro atoms. The van der Waals surface area contributed by atoms with Crippen LogP contribution in [0, 0.1) is 5.92 Å². The smallest absolute Gasteiger partial charge is 0.232 e. The van der Waals surface area contributed by atoms with Gasteiger partial charge in [-0.3, -0.25) is 4.79 Å². The van der Waals surface area contributed by atoms with E-state index in [9.17, 15) is 4.79 Å². The van der Waals surface area contributed by atoms with Crippen LogP contribution in [-0.4, -0.2) is 43.0 Å². The van der Waals surface area contributed by atoms with Gasteiger partial charge in [0, 0.05) is 13.1 Å². The van der Waals surface area contributed by atoms with Gasteiger partial charge >= 0.3 is 0 Å². The Morgan fingerprint density at radius 1 is 1.29 bits per heavy atom. The number of methoxy groups -OCH3 is 1. The normalized spacial score (nSPS) is 16.0. The molecule has 0 saturated carbocycles. The minimum Gasteiger partial charge on any atom is -0.497 e. The van der Waals surface area contributed by atoms with Crippen LogP contribution in [0.4, 0.5) is 0 Å². The Bertz CT molecular complexity index is 439. The van der Waals surface area contributed by atoms with Gasteiger partial charge in [-0.1, -0.05) is 12.1 Å². The summed E-state index contributed by atoms with van der Waals surface area (Å²) in [5, 5.41) is 0. The second kappa shape index (κ2) is 8.32. The van der Waals surface area contributed by atoms with E-state index in [0.717, 1.165) is 44.0 Å². The molecule has 1 fully saturated rings. The number of ether oxygens (including phenoxy) is 1. The predicted molar refractivity (Wildman–Crippen MR) is 89.0 cm³/mol. The van der Waals surface area contributed by atoms with Gasteiger partial charge in [-0.2, -0.15) is 11.8 Å². The summed E-state index contributed by atoms with van der Waals surface area (Å²) in [5.41, 5.74) is 1.37. The number of carbonyl (C=O) groups is 1. The third kappa shape index (κ3) is 4.95. The number of piperidine rings is 1. The van der Waals surface area contributed by atoms with Crippen LogP contribution in [0.1, 0.15) is 24.8 Å². The van der Waals surface area contributed by atoms with E-state index in [1.807, 2.05) is 23.3 Å². The maximum Gasteiger partial charge on any atom is 0.232 e. The first kappa shape index (κ1) is 16.2. The highest BCUT2D eigenvalue weighted by Gasteiger charge is 2.22. The summed E-state index contributed by atoms with van der Waals surface area (Å²) >= 11 is 1.61. The van der Waals surface area contributed by atoms with Crippen molar-refractivity contribution in [2.75, 3.05) is 32.2 Å². The number of rotatable bonds is 6. The Balaban J connectivity index is 1.72. The van der Waals surface area contributed by atoms with E-state index in [1.165, 1.54) is 12.0 Å². The topological polar surface area (TPSA) is 29.5 Å². The molecule has 21 heavy (non-hydrogen) atoms. The predicted octanol–water partition coefficient (Wildman–Crippen LogP) is 3.23. The van der Waals surface area contributed by atoms with Crippen LogP contribution in [0.25, 0.3) is 0 Å². The Hall–Kier alpha value is -1.16. The number of hydrogen-bond acceptors (Lipinski definition) is 3. The highest BCUT2D eigenvalue weighted by molar-refractivity contribution is 7.99. The lowest BCUT2D eigenvalue weighted by Crippen LogP contribution is -2.39. The van der Waals surface area contributed by atoms with E-state index in [0.29, 0.717) is 11.7 Å². The van der Waals surface area contributed by atoms with Crippen LogP contribution in [0.15, 0.2) is 24.3 Å². The second-order valence-corrected chi connectivity index (χ2v) is 6.51. The Morgan fingerprint density at radius 2 is 1.95 bits per heavy atom. The summed E-state index contributed by atoms with van der Waals surface area (Å²) in [5.74, 6) is 2.59. The zero-order chi connectivity index (χ0) is 15.1. The molecule has 0 aromatic heterocycles. The van der Waals surface area contributed by atoms with E-state index in [-0.39, 0.29) is 0 Å². The molecule has 2 rings (SSSR count). The first-order valence-corrected chi connectivity index (χ1v) is 9.02. The minimum atomic E-state index is 0.302. The van der Waals surface area contributed by atoms with Crippen LogP contribution in [-0.2, 0) is 11.2 Å². The molecular weight excluding hydrogens is 282 g/mol. The van der Waals surface area contributed by atoms with Gasteiger partial charge in [-0.15, -0.1) is 0 Å². The molecule has 3 nitrogen and oxygen atoms in total. The van der Waals surface area contributed by atoms with Crippen LogP contribution in [0.2, 0.25) is 0 Å². The van der Waals surface area contributed by atoms with Crippen LogP contribution in [0.5, 0.6) is 5.75 Å². The van der Waals surface area contributed by atoms with Gasteiger partial charge in [0.1, 0.15) is 5.75 Å². The number of amides is 1. The standard InChI is InChI=1S/C17H25NO2S/c1-20-16-7-5-14(6-8-16)3-4-15-9-11-18(12-10-15)17(19)13-21-2/h5-8,15H,3-4,9-13H2,1-2H3. The van der Waals surface area contributed by atoms with Gasteiger partial charge in [-0.05, 0) is 55.6 Å². The molecule has 1 saturated heterocycles. The van der Waals surface area contributed by atoms with Crippen molar-refractivity contribution in [1.29, 1.82) is 0 Å². The third-order valence-corrected chi connectivity index (χ3v) is 4.77. The largest absolute Gasteiger partial charge is 0.497 e. The van der Waals surface area contributed by atoms with Crippen molar-refractivity contribution in [2.45, 2.75) is 25.7 Å². The number of thioether (sulfide) groups is 1. The Kier molecular flexibility index (Phi) is 6.43. The van der Waals surface area contributed by atoms with Gasteiger partial charge in [0.2, 0.25) is 5.91 Å². The van der Waals surface area contributed by atoms with Crippen molar-refractivity contribution >= 4 is 17.7 Å². The van der Waals surface area contributed by atoms with Crippen molar-refractivity contribution < 1.29 is 9.53 Å². The molecule has 1 heterocycles. The van der Waals surface area contributed by atoms with Gasteiger partial charge < -0.3 is 9.64 Å². The molecule has 1 aromatic rings. The van der Waals surface area contributed by atoms with Gasteiger partial charge in [0.15, 0.2) is 0 Å². The minimum absolute atomic E-state index is 0.302. The fourth-order valence-corrected chi connectivity index (χ4v) is 3.28. The van der Waals surface area contributed by atoms with Gasteiger partial charge in [-0.25, -0.2) is 0 Å². The molecule has 0 N–H and O–H groups in total. The van der Waals surface area contributed by atoms with E-state index >= 15 is 0 Å². The summed E-state index contributed by atoms with van der Waals surface area (Å²) in [4.78, 5) is 13.9. The zero-order valence-electron chi connectivity index (χ0n) is 13.0. The van der Waals surface area contributed by atoms with E-state index in [4.69, 9.17) is 4.74 Å². The molecule has 0 atom stereocenters. The van der Waals surface area contributed by atoms with Crippen LogP contribution in [0.3, 0.4) is 0 Å². The van der Waals surface area contributed by atoms with Crippen LogP contribution >= 0.6 is 11.8 Å². The van der Waals surface area contributed by atoms with Crippen molar-refractivity contribution in [2.24, 2.45) is 5.92 Å². The van der Waals surface area contributed by atoms with E-state index in [2.05, 4.69) is 12.1 Å². The van der Waals surface area contributed by atoms with Crippen molar-refractivity contribution in [3.63, 3.8) is 0 Å².